The van der Waals surface area contributed by atoms with E-state index in [1.807, 2.05) is 38.1 Å². The number of thiazole rings is 1. The molecule has 1 N–H and O–H groups in total. The molecule has 3 rings (SSSR count). The van der Waals surface area contributed by atoms with Gasteiger partial charge in [-0.15, -0.1) is 11.3 Å². The number of hydrogen-bond donors (Lipinski definition) is 1. The first-order chi connectivity index (χ1) is 12.4. The minimum Gasteiger partial charge on any atom is -0.326 e. The molecule has 0 radical (unpaired) electrons. The number of aryl methyl sites for hydroxylation is 2. The maximum absolute atomic E-state index is 12.5. The van der Waals surface area contributed by atoms with Crippen molar-refractivity contribution >= 4 is 28.7 Å². The number of carbonyl (C=O) groups excluding carboxylic acids is 2. The van der Waals surface area contributed by atoms with Gasteiger partial charge in [0.1, 0.15) is 0 Å². The molecule has 1 aromatic heterocycles. The number of carbonyl (C=O) groups is 2. The van der Waals surface area contributed by atoms with Crippen LogP contribution in [0.15, 0.2) is 48.5 Å². The molecule has 0 fully saturated rings. The number of Topliss-reactive ketones (excluding diaryl/α,β-unsaturated/α-hetero) is 1. The highest BCUT2D eigenvalue weighted by Crippen LogP contribution is 2.29. The molecule has 5 heteroatoms. The summed E-state index contributed by atoms with van der Waals surface area (Å²) in [5.41, 5.74) is 4.27. The molecule has 0 atom stereocenters. The van der Waals surface area contributed by atoms with Gasteiger partial charge in [-0.2, -0.15) is 0 Å². The van der Waals surface area contributed by atoms with Gasteiger partial charge in [-0.05, 0) is 32.9 Å². The van der Waals surface area contributed by atoms with E-state index in [4.69, 9.17) is 0 Å². The van der Waals surface area contributed by atoms with Crippen LogP contribution in [0.4, 0.5) is 5.69 Å². The van der Waals surface area contributed by atoms with Gasteiger partial charge in [-0.1, -0.05) is 42.0 Å². The zero-order valence-electron chi connectivity index (χ0n) is 15.0. The first kappa shape index (κ1) is 18.0. The molecule has 0 saturated carbocycles. The van der Waals surface area contributed by atoms with Gasteiger partial charge < -0.3 is 5.32 Å². The quantitative estimate of drug-likeness (QED) is 0.661. The molecule has 0 spiro atoms. The van der Waals surface area contributed by atoms with Crippen LogP contribution in [0.2, 0.25) is 0 Å². The molecule has 0 unspecified atom stereocenters. The van der Waals surface area contributed by atoms with Gasteiger partial charge in [0.05, 0.1) is 17.1 Å². The van der Waals surface area contributed by atoms with E-state index in [0.717, 1.165) is 21.1 Å². The Balaban J connectivity index is 1.79. The second-order valence-electron chi connectivity index (χ2n) is 6.23. The van der Waals surface area contributed by atoms with Gasteiger partial charge in [0.15, 0.2) is 5.78 Å². The average Bonchev–Trinajstić information content (AvgIpc) is 2.95. The zero-order chi connectivity index (χ0) is 18.7. The number of amides is 1. The highest BCUT2D eigenvalue weighted by Gasteiger charge is 2.15. The smallest absolute Gasteiger partial charge is 0.229 e. The molecule has 0 bridgehead atoms. The van der Waals surface area contributed by atoms with Crippen molar-refractivity contribution < 1.29 is 9.59 Å². The van der Waals surface area contributed by atoms with Crippen LogP contribution in [0.1, 0.15) is 32.7 Å². The maximum Gasteiger partial charge on any atom is 0.229 e. The van der Waals surface area contributed by atoms with Crippen LogP contribution in [-0.2, 0) is 11.2 Å². The third-order valence-electron chi connectivity index (χ3n) is 4.00. The van der Waals surface area contributed by atoms with Crippen molar-refractivity contribution in [2.75, 3.05) is 5.32 Å². The van der Waals surface area contributed by atoms with E-state index >= 15 is 0 Å². The molecule has 1 amide bonds. The van der Waals surface area contributed by atoms with Gasteiger partial charge >= 0.3 is 0 Å². The Morgan fingerprint density at radius 1 is 1.08 bits per heavy atom. The summed E-state index contributed by atoms with van der Waals surface area (Å²) in [6, 6.07) is 15.1. The number of anilines is 1. The molecular formula is C21H20N2O2S. The second kappa shape index (κ2) is 7.62. The zero-order valence-corrected chi connectivity index (χ0v) is 15.8. The summed E-state index contributed by atoms with van der Waals surface area (Å²) >= 11 is 1.53. The van der Waals surface area contributed by atoms with Crippen molar-refractivity contribution in [3.8, 4) is 11.3 Å². The molecule has 26 heavy (non-hydrogen) atoms. The van der Waals surface area contributed by atoms with E-state index in [9.17, 15) is 9.59 Å². The summed E-state index contributed by atoms with van der Waals surface area (Å²) in [4.78, 5) is 29.5. The van der Waals surface area contributed by atoms with Crippen LogP contribution in [0, 0.1) is 13.8 Å². The first-order valence-electron chi connectivity index (χ1n) is 8.36. The largest absolute Gasteiger partial charge is 0.326 e. The number of rotatable bonds is 5. The molecule has 1 heterocycles. The number of ketones is 1. The summed E-state index contributed by atoms with van der Waals surface area (Å²) in [5, 5.41) is 3.80. The lowest BCUT2D eigenvalue weighted by Crippen LogP contribution is -2.14. The van der Waals surface area contributed by atoms with Crippen molar-refractivity contribution in [2.24, 2.45) is 0 Å². The summed E-state index contributed by atoms with van der Waals surface area (Å²) in [6.45, 7) is 5.49. The minimum atomic E-state index is -0.122. The standard InChI is InChI=1S/C21H20N2O2S/c1-13-7-9-16(10-8-13)21-19(26-15(3)22-21)12-20(25)23-18-6-4-5-17(11-18)14(2)24/h4-11H,12H2,1-3H3,(H,23,25). The summed E-state index contributed by atoms with van der Waals surface area (Å²) in [5.74, 6) is -0.149. The molecule has 4 nitrogen and oxygen atoms in total. The maximum atomic E-state index is 12.5. The number of hydrogen-bond acceptors (Lipinski definition) is 4. The van der Waals surface area contributed by atoms with Gasteiger partial charge in [-0.3, -0.25) is 9.59 Å². The number of nitrogens with zero attached hydrogens (tertiary/aromatic N) is 1. The molecule has 0 saturated heterocycles. The minimum absolute atomic E-state index is 0.0270. The SMILES string of the molecule is CC(=O)c1cccc(NC(=O)Cc2sc(C)nc2-c2ccc(C)cc2)c1. The molecule has 0 aliphatic heterocycles. The van der Waals surface area contributed by atoms with Crippen molar-refractivity contribution in [2.45, 2.75) is 27.2 Å². The van der Waals surface area contributed by atoms with E-state index < -0.39 is 0 Å². The van der Waals surface area contributed by atoms with Crippen molar-refractivity contribution in [1.82, 2.24) is 4.98 Å². The Morgan fingerprint density at radius 3 is 2.50 bits per heavy atom. The Labute approximate surface area is 156 Å². The fourth-order valence-corrected chi connectivity index (χ4v) is 3.65. The van der Waals surface area contributed by atoms with Crippen LogP contribution in [0.25, 0.3) is 11.3 Å². The van der Waals surface area contributed by atoms with Crippen molar-refractivity contribution in [3.05, 3.63) is 69.5 Å². The van der Waals surface area contributed by atoms with Gasteiger partial charge in [0.2, 0.25) is 5.91 Å². The van der Waals surface area contributed by atoms with Gasteiger partial charge in [-0.25, -0.2) is 4.98 Å². The van der Waals surface area contributed by atoms with Crippen LogP contribution in [-0.4, -0.2) is 16.7 Å². The van der Waals surface area contributed by atoms with E-state index in [1.54, 1.807) is 24.3 Å². The Morgan fingerprint density at radius 2 is 1.81 bits per heavy atom. The fourth-order valence-electron chi connectivity index (χ4n) is 2.69. The first-order valence-corrected chi connectivity index (χ1v) is 9.18. The summed E-state index contributed by atoms with van der Waals surface area (Å²) in [7, 11) is 0. The summed E-state index contributed by atoms with van der Waals surface area (Å²) < 4.78 is 0. The second-order valence-corrected chi connectivity index (χ2v) is 7.52. The Hall–Kier alpha value is -2.79. The van der Waals surface area contributed by atoms with Crippen molar-refractivity contribution in [1.29, 1.82) is 0 Å². The van der Waals surface area contributed by atoms with Crippen LogP contribution in [0.5, 0.6) is 0 Å². The fraction of sp³-hybridized carbons (Fsp3) is 0.190. The molecule has 132 valence electrons. The number of nitrogens with one attached hydrogen (secondary N) is 1. The van der Waals surface area contributed by atoms with E-state index in [1.165, 1.54) is 23.8 Å². The van der Waals surface area contributed by atoms with Crippen molar-refractivity contribution in [3.63, 3.8) is 0 Å². The lowest BCUT2D eigenvalue weighted by atomic mass is 10.1. The average molecular weight is 364 g/mol. The van der Waals surface area contributed by atoms with Gasteiger partial charge in [0, 0.05) is 21.7 Å². The van der Waals surface area contributed by atoms with E-state index in [0.29, 0.717) is 11.3 Å². The predicted octanol–water partition coefficient (Wildman–Crippen LogP) is 4.81. The lowest BCUT2D eigenvalue weighted by Gasteiger charge is -2.07. The third-order valence-corrected chi connectivity index (χ3v) is 4.97. The number of benzene rings is 2. The lowest BCUT2D eigenvalue weighted by molar-refractivity contribution is -0.115. The summed E-state index contributed by atoms with van der Waals surface area (Å²) in [6.07, 6.45) is 0.249. The Bertz CT molecular complexity index is 958. The van der Waals surface area contributed by atoms with Crippen LogP contribution < -0.4 is 5.32 Å². The van der Waals surface area contributed by atoms with E-state index in [-0.39, 0.29) is 18.1 Å². The molecule has 0 aliphatic carbocycles. The topological polar surface area (TPSA) is 59.1 Å². The van der Waals surface area contributed by atoms with Gasteiger partial charge in [0.25, 0.3) is 0 Å². The van der Waals surface area contributed by atoms with E-state index in [2.05, 4.69) is 10.3 Å². The third kappa shape index (κ3) is 4.24. The Kier molecular flexibility index (Phi) is 5.28. The molecule has 3 aromatic rings. The highest BCUT2D eigenvalue weighted by molar-refractivity contribution is 7.12. The highest BCUT2D eigenvalue weighted by atomic mass is 32.1. The predicted molar refractivity (Wildman–Crippen MR) is 106 cm³/mol. The normalized spacial score (nSPS) is 10.6. The molecule has 0 aliphatic rings. The van der Waals surface area contributed by atoms with Crippen LogP contribution in [0.3, 0.4) is 0 Å². The van der Waals surface area contributed by atoms with Crippen LogP contribution >= 0.6 is 11.3 Å². The molecular weight excluding hydrogens is 344 g/mol. The molecule has 2 aromatic carbocycles. The number of aromatic nitrogens is 1. The monoisotopic (exact) mass is 364 g/mol.